The molecule has 1 heterocycles. The van der Waals surface area contributed by atoms with E-state index in [1.54, 1.807) is 6.07 Å². The van der Waals surface area contributed by atoms with E-state index in [-0.39, 0.29) is 12.5 Å². The van der Waals surface area contributed by atoms with Crippen molar-refractivity contribution in [2.75, 3.05) is 11.9 Å². The lowest BCUT2D eigenvalue weighted by molar-refractivity contribution is -0.118. The van der Waals surface area contributed by atoms with Crippen LogP contribution in [-0.4, -0.2) is 22.7 Å². The minimum atomic E-state index is -0.232. The predicted molar refractivity (Wildman–Crippen MR) is 78.0 cm³/mol. The van der Waals surface area contributed by atoms with Crippen LogP contribution in [0.1, 0.15) is 31.0 Å². The summed E-state index contributed by atoms with van der Waals surface area (Å²) in [5.74, 6) is 1.44. The van der Waals surface area contributed by atoms with E-state index in [2.05, 4.69) is 29.4 Å². The number of benzene rings is 1. The summed E-state index contributed by atoms with van der Waals surface area (Å²) in [7, 11) is 0. The average Bonchev–Trinajstić information content (AvgIpc) is 2.82. The number of aromatic nitrogens is 2. The summed E-state index contributed by atoms with van der Waals surface area (Å²) >= 11 is 0. The average molecular weight is 273 g/mol. The Morgan fingerprint density at radius 3 is 2.60 bits per heavy atom. The van der Waals surface area contributed by atoms with Gasteiger partial charge in [-0.05, 0) is 30.5 Å². The molecule has 2 rings (SSSR count). The zero-order valence-corrected chi connectivity index (χ0v) is 11.9. The number of carbonyl (C=O) groups is 1. The second kappa shape index (κ2) is 6.23. The molecular formula is C15H19N3O2. The molecule has 1 aromatic carbocycles. The number of carbonyl (C=O) groups excluding carboxylic acids is 1. The number of hydrogen-bond donors (Lipinski definition) is 2. The van der Waals surface area contributed by atoms with Gasteiger partial charge >= 0.3 is 0 Å². The molecule has 2 aromatic rings. The highest BCUT2D eigenvalue weighted by Crippen LogP contribution is 2.18. The van der Waals surface area contributed by atoms with Crippen molar-refractivity contribution < 1.29 is 9.53 Å². The van der Waals surface area contributed by atoms with Crippen LogP contribution in [0.3, 0.4) is 0 Å². The minimum Gasteiger partial charge on any atom is -0.484 e. The topological polar surface area (TPSA) is 67.0 Å². The summed E-state index contributed by atoms with van der Waals surface area (Å²) in [5.41, 5.74) is 2.14. The summed E-state index contributed by atoms with van der Waals surface area (Å²) in [6, 6.07) is 9.53. The van der Waals surface area contributed by atoms with E-state index in [0.29, 0.717) is 17.5 Å². The van der Waals surface area contributed by atoms with Gasteiger partial charge in [-0.1, -0.05) is 26.0 Å². The molecule has 0 aliphatic rings. The van der Waals surface area contributed by atoms with Gasteiger partial charge in [0.15, 0.2) is 12.4 Å². The summed E-state index contributed by atoms with van der Waals surface area (Å²) in [6.45, 7) is 6.10. The highest BCUT2D eigenvalue weighted by atomic mass is 16.5. The van der Waals surface area contributed by atoms with E-state index in [4.69, 9.17) is 4.74 Å². The van der Waals surface area contributed by atoms with Crippen molar-refractivity contribution in [3.05, 3.63) is 41.6 Å². The molecule has 2 N–H and O–H groups in total. The van der Waals surface area contributed by atoms with Gasteiger partial charge in [-0.3, -0.25) is 9.89 Å². The van der Waals surface area contributed by atoms with Crippen molar-refractivity contribution in [1.29, 1.82) is 0 Å². The number of aryl methyl sites for hydroxylation is 1. The molecule has 1 amide bonds. The van der Waals surface area contributed by atoms with E-state index in [1.165, 1.54) is 5.56 Å². The van der Waals surface area contributed by atoms with Gasteiger partial charge in [-0.25, -0.2) is 0 Å². The number of hydrogen-bond acceptors (Lipinski definition) is 3. The van der Waals surface area contributed by atoms with Crippen LogP contribution in [0.4, 0.5) is 5.82 Å². The van der Waals surface area contributed by atoms with Crippen molar-refractivity contribution in [3.8, 4) is 5.75 Å². The molecule has 0 radical (unpaired) electrons. The van der Waals surface area contributed by atoms with E-state index in [1.807, 2.05) is 31.2 Å². The second-order valence-corrected chi connectivity index (χ2v) is 5.00. The molecular weight excluding hydrogens is 254 g/mol. The lowest BCUT2D eigenvalue weighted by Gasteiger charge is -2.08. The number of anilines is 1. The fourth-order valence-corrected chi connectivity index (χ4v) is 1.76. The Labute approximate surface area is 118 Å². The van der Waals surface area contributed by atoms with Gasteiger partial charge in [-0.2, -0.15) is 5.10 Å². The third-order valence-corrected chi connectivity index (χ3v) is 2.89. The van der Waals surface area contributed by atoms with Crippen LogP contribution in [0.25, 0.3) is 0 Å². The Morgan fingerprint density at radius 1 is 1.35 bits per heavy atom. The highest BCUT2D eigenvalue weighted by molar-refractivity contribution is 5.90. The minimum absolute atomic E-state index is 0.0348. The van der Waals surface area contributed by atoms with Gasteiger partial charge in [0.2, 0.25) is 0 Å². The van der Waals surface area contributed by atoms with Crippen LogP contribution in [0.15, 0.2) is 30.3 Å². The van der Waals surface area contributed by atoms with Gasteiger partial charge in [-0.15, -0.1) is 0 Å². The maximum atomic E-state index is 11.7. The zero-order valence-electron chi connectivity index (χ0n) is 11.9. The Bertz CT molecular complexity index is 573. The smallest absolute Gasteiger partial charge is 0.263 e. The van der Waals surface area contributed by atoms with Crippen molar-refractivity contribution in [2.24, 2.45) is 0 Å². The maximum absolute atomic E-state index is 11.7. The largest absolute Gasteiger partial charge is 0.484 e. The second-order valence-electron chi connectivity index (χ2n) is 5.00. The Kier molecular flexibility index (Phi) is 4.40. The van der Waals surface area contributed by atoms with E-state index in [0.717, 1.165) is 5.69 Å². The van der Waals surface area contributed by atoms with Crippen LogP contribution in [0.5, 0.6) is 5.75 Å². The van der Waals surface area contributed by atoms with Gasteiger partial charge in [0.05, 0.1) is 0 Å². The maximum Gasteiger partial charge on any atom is 0.263 e. The predicted octanol–water partition coefficient (Wildman–Crippen LogP) is 2.86. The first-order valence-electron chi connectivity index (χ1n) is 6.59. The highest BCUT2D eigenvalue weighted by Gasteiger charge is 2.06. The normalized spacial score (nSPS) is 10.6. The molecule has 106 valence electrons. The Morgan fingerprint density at radius 2 is 2.05 bits per heavy atom. The molecule has 0 spiro atoms. The van der Waals surface area contributed by atoms with Gasteiger partial charge in [0.25, 0.3) is 5.91 Å². The lowest BCUT2D eigenvalue weighted by atomic mass is 10.0. The molecule has 0 saturated carbocycles. The summed E-state index contributed by atoms with van der Waals surface area (Å²) in [6.07, 6.45) is 0. The van der Waals surface area contributed by atoms with Gasteiger partial charge in [0, 0.05) is 11.8 Å². The van der Waals surface area contributed by atoms with Crippen molar-refractivity contribution in [3.63, 3.8) is 0 Å². The first-order chi connectivity index (χ1) is 9.54. The monoisotopic (exact) mass is 273 g/mol. The SMILES string of the molecule is Cc1cc(NC(=O)COc2ccc(C(C)C)cc2)n[nH]1. The Balaban J connectivity index is 1.83. The fourth-order valence-electron chi connectivity index (χ4n) is 1.76. The quantitative estimate of drug-likeness (QED) is 0.880. The summed E-state index contributed by atoms with van der Waals surface area (Å²) < 4.78 is 5.43. The number of rotatable bonds is 5. The molecule has 0 atom stereocenters. The third-order valence-electron chi connectivity index (χ3n) is 2.89. The van der Waals surface area contributed by atoms with Crippen LogP contribution in [0, 0.1) is 6.92 Å². The Hall–Kier alpha value is -2.30. The number of nitrogens with one attached hydrogen (secondary N) is 2. The number of ether oxygens (including phenoxy) is 1. The molecule has 0 unspecified atom stereocenters. The zero-order chi connectivity index (χ0) is 14.5. The number of nitrogens with zero attached hydrogens (tertiary/aromatic N) is 1. The van der Waals surface area contributed by atoms with Gasteiger partial charge in [0.1, 0.15) is 5.75 Å². The molecule has 20 heavy (non-hydrogen) atoms. The van der Waals surface area contributed by atoms with Gasteiger partial charge < -0.3 is 10.1 Å². The standard InChI is InChI=1S/C15H19N3O2/c1-10(2)12-4-6-13(7-5-12)20-9-15(19)16-14-8-11(3)17-18-14/h4-8,10H,9H2,1-3H3,(H2,16,17,18,19). The number of H-pyrrole nitrogens is 1. The molecule has 0 aliphatic carbocycles. The lowest BCUT2D eigenvalue weighted by Crippen LogP contribution is -2.20. The van der Waals surface area contributed by atoms with Crippen LogP contribution in [0.2, 0.25) is 0 Å². The summed E-state index contributed by atoms with van der Waals surface area (Å²) in [5, 5.41) is 9.34. The van der Waals surface area contributed by atoms with Crippen LogP contribution >= 0.6 is 0 Å². The number of amides is 1. The van der Waals surface area contributed by atoms with E-state index in [9.17, 15) is 4.79 Å². The number of aromatic amines is 1. The molecule has 0 saturated heterocycles. The fraction of sp³-hybridized carbons (Fsp3) is 0.333. The molecule has 0 aliphatic heterocycles. The molecule has 5 heteroatoms. The van der Waals surface area contributed by atoms with Crippen molar-refractivity contribution in [2.45, 2.75) is 26.7 Å². The van der Waals surface area contributed by atoms with Crippen LogP contribution < -0.4 is 10.1 Å². The van der Waals surface area contributed by atoms with E-state index < -0.39 is 0 Å². The summed E-state index contributed by atoms with van der Waals surface area (Å²) in [4.78, 5) is 11.7. The van der Waals surface area contributed by atoms with Crippen LogP contribution in [-0.2, 0) is 4.79 Å². The molecule has 0 fully saturated rings. The molecule has 1 aromatic heterocycles. The van der Waals surface area contributed by atoms with Crippen molar-refractivity contribution in [1.82, 2.24) is 10.2 Å². The third kappa shape index (κ3) is 3.85. The first-order valence-corrected chi connectivity index (χ1v) is 6.59. The molecule has 0 bridgehead atoms. The van der Waals surface area contributed by atoms with Crippen molar-refractivity contribution >= 4 is 11.7 Å². The molecule has 5 nitrogen and oxygen atoms in total. The first kappa shape index (κ1) is 14.1. The van der Waals surface area contributed by atoms with E-state index >= 15 is 0 Å².